The Balaban J connectivity index is 2.73. The molecule has 0 aromatic rings. The van der Waals surface area contributed by atoms with Gasteiger partial charge in [0.05, 0.1) is 0 Å². The van der Waals surface area contributed by atoms with Gasteiger partial charge in [0.1, 0.15) is 0 Å². The number of hydrogen-bond acceptors (Lipinski definition) is 1. The molecule has 0 amide bonds. The van der Waals surface area contributed by atoms with Gasteiger partial charge in [-0.05, 0) is 37.5 Å². The molecule has 1 rings (SSSR count). The SMILES string of the molecule is CC1N[C@@H](C)C(C)(C)CCCC1(C)C. The van der Waals surface area contributed by atoms with Crippen molar-refractivity contribution in [2.24, 2.45) is 10.8 Å². The monoisotopic (exact) mass is 197 g/mol. The summed E-state index contributed by atoms with van der Waals surface area (Å²) < 4.78 is 0. The lowest BCUT2D eigenvalue weighted by molar-refractivity contribution is 0.123. The van der Waals surface area contributed by atoms with Crippen molar-refractivity contribution in [3.63, 3.8) is 0 Å². The first-order valence-electron chi connectivity index (χ1n) is 6.02. The molecule has 1 nitrogen and oxygen atoms in total. The van der Waals surface area contributed by atoms with Crippen LogP contribution in [-0.4, -0.2) is 12.1 Å². The molecule has 1 fully saturated rings. The summed E-state index contributed by atoms with van der Waals surface area (Å²) in [6.45, 7) is 14.2. The summed E-state index contributed by atoms with van der Waals surface area (Å²) in [5.74, 6) is 0. The van der Waals surface area contributed by atoms with Crippen LogP contribution in [0.5, 0.6) is 0 Å². The van der Waals surface area contributed by atoms with Crippen molar-refractivity contribution >= 4 is 0 Å². The van der Waals surface area contributed by atoms with E-state index in [1.54, 1.807) is 0 Å². The fourth-order valence-corrected chi connectivity index (χ4v) is 2.26. The Morgan fingerprint density at radius 3 is 1.57 bits per heavy atom. The molecule has 84 valence electrons. The topological polar surface area (TPSA) is 12.0 Å². The Bertz CT molecular complexity index is 173. The third-order valence-corrected chi connectivity index (χ3v) is 4.49. The van der Waals surface area contributed by atoms with Crippen LogP contribution >= 0.6 is 0 Å². The van der Waals surface area contributed by atoms with Crippen molar-refractivity contribution < 1.29 is 0 Å². The lowest BCUT2D eigenvalue weighted by atomic mass is 9.72. The van der Waals surface area contributed by atoms with E-state index in [9.17, 15) is 0 Å². The lowest BCUT2D eigenvalue weighted by Crippen LogP contribution is -2.51. The molecule has 1 aliphatic rings. The molecule has 0 bridgehead atoms. The smallest absolute Gasteiger partial charge is 0.00926 e. The van der Waals surface area contributed by atoms with Gasteiger partial charge in [-0.3, -0.25) is 0 Å². The molecule has 0 aliphatic carbocycles. The van der Waals surface area contributed by atoms with Crippen LogP contribution in [0.15, 0.2) is 0 Å². The summed E-state index contributed by atoms with van der Waals surface area (Å²) in [6, 6.07) is 1.24. The third kappa shape index (κ3) is 2.50. The summed E-state index contributed by atoms with van der Waals surface area (Å²) in [6.07, 6.45) is 4.06. The standard InChI is InChI=1S/C13H27N/c1-10-12(3,4)8-7-9-13(5,6)11(2)14-10/h10-11,14H,7-9H2,1-6H3/t10-,11?/m0/s1. The lowest BCUT2D eigenvalue weighted by Gasteiger charge is -2.43. The molecule has 0 spiro atoms. The molecule has 0 saturated carbocycles. The minimum absolute atomic E-state index is 0.449. The van der Waals surface area contributed by atoms with E-state index in [-0.39, 0.29) is 0 Å². The number of nitrogens with one attached hydrogen (secondary N) is 1. The normalized spacial score (nSPS) is 37.3. The second-order valence-electron chi connectivity index (χ2n) is 6.44. The van der Waals surface area contributed by atoms with Crippen molar-refractivity contribution in [1.82, 2.24) is 5.32 Å². The Labute approximate surface area is 89.7 Å². The van der Waals surface area contributed by atoms with E-state index < -0.39 is 0 Å². The van der Waals surface area contributed by atoms with Crippen LogP contribution in [-0.2, 0) is 0 Å². The van der Waals surface area contributed by atoms with Crippen LogP contribution in [0.25, 0.3) is 0 Å². The summed E-state index contributed by atoms with van der Waals surface area (Å²) in [5.41, 5.74) is 0.898. The average Bonchev–Trinajstić information content (AvgIpc) is 2.01. The van der Waals surface area contributed by atoms with Crippen LogP contribution < -0.4 is 5.32 Å². The van der Waals surface area contributed by atoms with E-state index in [4.69, 9.17) is 0 Å². The molecule has 0 aromatic carbocycles. The maximum atomic E-state index is 3.76. The number of hydrogen-bond donors (Lipinski definition) is 1. The molecule has 1 N–H and O–H groups in total. The van der Waals surface area contributed by atoms with Crippen LogP contribution in [0.1, 0.15) is 60.8 Å². The minimum Gasteiger partial charge on any atom is -0.311 e. The number of rotatable bonds is 0. The van der Waals surface area contributed by atoms with Gasteiger partial charge < -0.3 is 5.32 Å². The van der Waals surface area contributed by atoms with Gasteiger partial charge in [0.15, 0.2) is 0 Å². The van der Waals surface area contributed by atoms with Gasteiger partial charge in [0.2, 0.25) is 0 Å². The molecule has 2 atom stereocenters. The highest BCUT2D eigenvalue weighted by atomic mass is 15.0. The maximum absolute atomic E-state index is 3.76. The predicted molar refractivity (Wildman–Crippen MR) is 63.5 cm³/mol. The van der Waals surface area contributed by atoms with Crippen molar-refractivity contribution in [1.29, 1.82) is 0 Å². The predicted octanol–water partition coefficient (Wildman–Crippen LogP) is 3.59. The molecule has 1 heterocycles. The van der Waals surface area contributed by atoms with Crippen molar-refractivity contribution in [2.75, 3.05) is 0 Å². The molecule has 1 saturated heterocycles. The van der Waals surface area contributed by atoms with Crippen LogP contribution in [0.4, 0.5) is 0 Å². The molecule has 1 heteroatoms. The van der Waals surface area contributed by atoms with E-state index >= 15 is 0 Å². The largest absolute Gasteiger partial charge is 0.311 e. The average molecular weight is 197 g/mol. The molecular weight excluding hydrogens is 170 g/mol. The second kappa shape index (κ2) is 3.84. The quantitative estimate of drug-likeness (QED) is 0.626. The summed E-state index contributed by atoms with van der Waals surface area (Å²) in [5, 5.41) is 3.76. The first kappa shape index (κ1) is 12.0. The Morgan fingerprint density at radius 1 is 0.857 bits per heavy atom. The van der Waals surface area contributed by atoms with Crippen LogP contribution in [0.3, 0.4) is 0 Å². The highest BCUT2D eigenvalue weighted by molar-refractivity contribution is 4.91. The van der Waals surface area contributed by atoms with E-state index in [0.717, 1.165) is 0 Å². The molecule has 0 radical (unpaired) electrons. The van der Waals surface area contributed by atoms with Crippen molar-refractivity contribution in [2.45, 2.75) is 72.9 Å². The first-order valence-corrected chi connectivity index (χ1v) is 6.02. The van der Waals surface area contributed by atoms with E-state index in [1.807, 2.05) is 0 Å². The van der Waals surface area contributed by atoms with Crippen molar-refractivity contribution in [3.05, 3.63) is 0 Å². The van der Waals surface area contributed by atoms with Gasteiger partial charge in [0.25, 0.3) is 0 Å². The first-order chi connectivity index (χ1) is 6.26. The maximum Gasteiger partial charge on any atom is 0.00926 e. The highest BCUT2D eigenvalue weighted by Gasteiger charge is 2.34. The molecule has 0 aromatic heterocycles. The van der Waals surface area contributed by atoms with Crippen LogP contribution in [0, 0.1) is 10.8 Å². The summed E-state index contributed by atoms with van der Waals surface area (Å²) in [7, 11) is 0. The van der Waals surface area contributed by atoms with E-state index in [2.05, 4.69) is 46.9 Å². The van der Waals surface area contributed by atoms with Gasteiger partial charge in [-0.15, -0.1) is 0 Å². The molecule has 14 heavy (non-hydrogen) atoms. The van der Waals surface area contributed by atoms with Crippen LogP contribution in [0.2, 0.25) is 0 Å². The van der Waals surface area contributed by atoms with Gasteiger partial charge in [-0.25, -0.2) is 0 Å². The Kier molecular flexibility index (Phi) is 3.30. The third-order valence-electron chi connectivity index (χ3n) is 4.49. The zero-order chi connectivity index (χ0) is 11.0. The Hall–Kier alpha value is -0.0400. The summed E-state index contributed by atoms with van der Waals surface area (Å²) in [4.78, 5) is 0. The van der Waals surface area contributed by atoms with Gasteiger partial charge in [-0.2, -0.15) is 0 Å². The summed E-state index contributed by atoms with van der Waals surface area (Å²) >= 11 is 0. The van der Waals surface area contributed by atoms with Gasteiger partial charge >= 0.3 is 0 Å². The van der Waals surface area contributed by atoms with Gasteiger partial charge in [0, 0.05) is 12.1 Å². The fourth-order valence-electron chi connectivity index (χ4n) is 2.26. The van der Waals surface area contributed by atoms with Gasteiger partial charge in [-0.1, -0.05) is 34.1 Å². The second-order valence-corrected chi connectivity index (χ2v) is 6.44. The fraction of sp³-hybridized carbons (Fsp3) is 1.00. The Morgan fingerprint density at radius 2 is 1.21 bits per heavy atom. The zero-order valence-corrected chi connectivity index (χ0v) is 10.8. The van der Waals surface area contributed by atoms with Crippen molar-refractivity contribution in [3.8, 4) is 0 Å². The van der Waals surface area contributed by atoms with E-state index in [0.29, 0.717) is 22.9 Å². The van der Waals surface area contributed by atoms with E-state index in [1.165, 1.54) is 19.3 Å². The molecular formula is C13H27N. The zero-order valence-electron chi connectivity index (χ0n) is 10.8. The minimum atomic E-state index is 0.449. The highest BCUT2D eigenvalue weighted by Crippen LogP contribution is 2.36. The molecule has 1 aliphatic heterocycles. The molecule has 1 unspecified atom stereocenters.